The van der Waals surface area contributed by atoms with E-state index in [1.54, 1.807) is 12.1 Å². The quantitative estimate of drug-likeness (QED) is 0.502. The van der Waals surface area contributed by atoms with Crippen LogP contribution in [0, 0.1) is 21.8 Å². The maximum absolute atomic E-state index is 13.6. The van der Waals surface area contributed by atoms with Gasteiger partial charge in [-0.05, 0) is 35.6 Å². The van der Waals surface area contributed by atoms with Crippen LogP contribution >= 0.6 is 0 Å². The van der Waals surface area contributed by atoms with Gasteiger partial charge in [0.05, 0.1) is 11.0 Å². The van der Waals surface area contributed by atoms with E-state index in [2.05, 4.69) is 17.5 Å². The number of rotatable bonds is 2. The van der Waals surface area contributed by atoms with Crippen LogP contribution in [-0.4, -0.2) is 4.92 Å². The third kappa shape index (κ3) is 2.20. The number of nitro benzene ring substituents is 1. The fraction of sp³-hybridized carbons (Fsp3) is 0.222. The number of allylic oxidation sites excluding steroid dienone is 2. The first-order chi connectivity index (χ1) is 11.1. The molecule has 4 rings (SSSR count). The van der Waals surface area contributed by atoms with E-state index in [0.29, 0.717) is 5.69 Å². The summed E-state index contributed by atoms with van der Waals surface area (Å²) in [5.74, 6) is 0.0749. The SMILES string of the molecule is O=[N+]([O-])c1cccc2c1N[C@H](c1cccc(F)c1)[C@@H]1CC=C[C@H]21. The van der Waals surface area contributed by atoms with Crippen molar-refractivity contribution in [1.29, 1.82) is 0 Å². The summed E-state index contributed by atoms with van der Waals surface area (Å²) < 4.78 is 13.6. The average Bonchev–Trinajstić information content (AvgIpc) is 3.03. The lowest BCUT2D eigenvalue weighted by Crippen LogP contribution is -2.29. The third-order valence-electron chi connectivity index (χ3n) is 4.78. The minimum absolute atomic E-state index is 0.0719. The number of fused-ring (bicyclic) bond motifs is 3. The second-order valence-electron chi connectivity index (χ2n) is 6.03. The van der Waals surface area contributed by atoms with E-state index in [-0.39, 0.29) is 34.3 Å². The van der Waals surface area contributed by atoms with Gasteiger partial charge in [-0.1, -0.05) is 36.4 Å². The van der Waals surface area contributed by atoms with E-state index in [1.165, 1.54) is 18.2 Å². The highest BCUT2D eigenvalue weighted by molar-refractivity contribution is 5.71. The minimum atomic E-state index is -0.368. The molecule has 0 spiro atoms. The second-order valence-corrected chi connectivity index (χ2v) is 6.03. The standard InChI is InChI=1S/C18H15FN2O2/c19-12-5-1-4-11(10-12)17-14-7-2-6-13(14)15-8-3-9-16(21(22)23)18(15)20-17/h1-6,8-10,13-14,17,20H,7H2/t13-,14+,17+/m0/s1. The Labute approximate surface area is 132 Å². The van der Waals surface area contributed by atoms with Crippen molar-refractivity contribution in [3.63, 3.8) is 0 Å². The number of benzene rings is 2. The third-order valence-corrected chi connectivity index (χ3v) is 4.78. The van der Waals surface area contributed by atoms with Gasteiger partial charge in [0.25, 0.3) is 5.69 Å². The fourth-order valence-corrected chi connectivity index (χ4v) is 3.79. The molecule has 2 aromatic rings. The van der Waals surface area contributed by atoms with Gasteiger partial charge in [-0.25, -0.2) is 4.39 Å². The van der Waals surface area contributed by atoms with E-state index in [9.17, 15) is 14.5 Å². The smallest absolute Gasteiger partial charge is 0.292 e. The van der Waals surface area contributed by atoms with Crippen LogP contribution in [0.15, 0.2) is 54.6 Å². The second kappa shape index (κ2) is 5.19. The Morgan fingerprint density at radius 3 is 2.83 bits per heavy atom. The Bertz CT molecular complexity index is 818. The van der Waals surface area contributed by atoms with Crippen LogP contribution in [0.1, 0.15) is 29.5 Å². The lowest BCUT2D eigenvalue weighted by Gasteiger charge is -2.37. The molecule has 2 aromatic carbocycles. The van der Waals surface area contributed by atoms with Crippen molar-refractivity contribution < 1.29 is 9.31 Å². The average molecular weight is 310 g/mol. The van der Waals surface area contributed by atoms with Gasteiger partial charge in [-0.3, -0.25) is 10.1 Å². The van der Waals surface area contributed by atoms with Gasteiger partial charge < -0.3 is 5.32 Å². The Hall–Kier alpha value is -2.69. The normalized spacial score (nSPS) is 24.7. The van der Waals surface area contributed by atoms with Crippen LogP contribution in [0.4, 0.5) is 15.8 Å². The van der Waals surface area contributed by atoms with Gasteiger partial charge in [0, 0.05) is 12.0 Å². The van der Waals surface area contributed by atoms with Crippen molar-refractivity contribution in [2.24, 2.45) is 5.92 Å². The number of nitro groups is 1. The lowest BCUT2D eigenvalue weighted by atomic mass is 9.77. The predicted molar refractivity (Wildman–Crippen MR) is 85.8 cm³/mol. The molecule has 0 aromatic heterocycles. The van der Waals surface area contributed by atoms with Crippen molar-refractivity contribution in [2.45, 2.75) is 18.4 Å². The number of nitrogens with one attached hydrogen (secondary N) is 1. The molecule has 1 aliphatic carbocycles. The first kappa shape index (κ1) is 13.9. The first-order valence-corrected chi connectivity index (χ1v) is 7.61. The van der Waals surface area contributed by atoms with Crippen LogP contribution in [0.25, 0.3) is 0 Å². The van der Waals surface area contributed by atoms with Crippen molar-refractivity contribution in [2.75, 3.05) is 5.32 Å². The monoisotopic (exact) mass is 310 g/mol. The molecule has 0 saturated carbocycles. The molecule has 0 saturated heterocycles. The van der Waals surface area contributed by atoms with Crippen LogP contribution < -0.4 is 5.32 Å². The molecule has 1 aliphatic heterocycles. The molecular weight excluding hydrogens is 295 g/mol. The maximum atomic E-state index is 13.6. The Morgan fingerprint density at radius 1 is 1.22 bits per heavy atom. The summed E-state index contributed by atoms with van der Waals surface area (Å²) in [6.07, 6.45) is 5.10. The molecule has 2 aliphatic rings. The molecule has 0 amide bonds. The molecule has 116 valence electrons. The number of nitrogens with zero attached hydrogens (tertiary/aromatic N) is 1. The fourth-order valence-electron chi connectivity index (χ4n) is 3.79. The summed E-state index contributed by atoms with van der Waals surface area (Å²) in [7, 11) is 0. The van der Waals surface area contributed by atoms with Gasteiger partial charge in [-0.15, -0.1) is 0 Å². The highest BCUT2D eigenvalue weighted by Gasteiger charge is 2.40. The molecule has 1 heterocycles. The molecule has 0 fully saturated rings. The lowest BCUT2D eigenvalue weighted by molar-refractivity contribution is -0.384. The van der Waals surface area contributed by atoms with E-state index in [0.717, 1.165) is 17.5 Å². The van der Waals surface area contributed by atoms with Crippen molar-refractivity contribution in [3.05, 3.63) is 81.7 Å². The number of halogens is 1. The number of hydrogen-bond donors (Lipinski definition) is 1. The Morgan fingerprint density at radius 2 is 2.04 bits per heavy atom. The molecule has 0 bridgehead atoms. The van der Waals surface area contributed by atoms with Crippen molar-refractivity contribution in [1.82, 2.24) is 0 Å². The summed E-state index contributed by atoms with van der Waals surface area (Å²) in [5, 5.41) is 14.7. The van der Waals surface area contributed by atoms with Crippen LogP contribution in [0.3, 0.4) is 0 Å². The Kier molecular flexibility index (Phi) is 3.15. The number of hydrogen-bond acceptors (Lipinski definition) is 3. The van der Waals surface area contributed by atoms with Gasteiger partial charge in [0.15, 0.2) is 0 Å². The van der Waals surface area contributed by atoms with Gasteiger partial charge in [0.1, 0.15) is 11.5 Å². The van der Waals surface area contributed by atoms with E-state index in [4.69, 9.17) is 0 Å². The van der Waals surface area contributed by atoms with E-state index < -0.39 is 0 Å². The molecule has 5 heteroatoms. The highest BCUT2D eigenvalue weighted by Crippen LogP contribution is 2.51. The van der Waals surface area contributed by atoms with E-state index in [1.807, 2.05) is 12.1 Å². The highest BCUT2D eigenvalue weighted by atomic mass is 19.1. The maximum Gasteiger partial charge on any atom is 0.292 e. The first-order valence-electron chi connectivity index (χ1n) is 7.61. The largest absolute Gasteiger partial charge is 0.372 e. The van der Waals surface area contributed by atoms with Crippen molar-refractivity contribution >= 4 is 11.4 Å². The van der Waals surface area contributed by atoms with E-state index >= 15 is 0 Å². The summed E-state index contributed by atoms with van der Waals surface area (Å²) in [4.78, 5) is 11.0. The van der Waals surface area contributed by atoms with Gasteiger partial charge in [0.2, 0.25) is 0 Å². The van der Waals surface area contributed by atoms with Crippen LogP contribution in [0.5, 0.6) is 0 Å². The van der Waals surface area contributed by atoms with Gasteiger partial charge >= 0.3 is 0 Å². The molecule has 0 unspecified atom stereocenters. The summed E-state index contributed by atoms with van der Waals surface area (Å²) in [5.41, 5.74) is 2.40. The molecule has 1 N–H and O–H groups in total. The molecular formula is C18H15FN2O2. The zero-order valence-corrected chi connectivity index (χ0v) is 12.3. The van der Waals surface area contributed by atoms with Crippen LogP contribution in [-0.2, 0) is 0 Å². The summed E-state index contributed by atoms with van der Waals surface area (Å²) in [6.45, 7) is 0. The zero-order chi connectivity index (χ0) is 16.0. The van der Waals surface area contributed by atoms with Crippen molar-refractivity contribution in [3.8, 4) is 0 Å². The molecule has 4 nitrogen and oxygen atoms in total. The van der Waals surface area contributed by atoms with Gasteiger partial charge in [-0.2, -0.15) is 0 Å². The number of anilines is 1. The minimum Gasteiger partial charge on any atom is -0.372 e. The predicted octanol–water partition coefficient (Wildman–Crippen LogP) is 4.56. The molecule has 23 heavy (non-hydrogen) atoms. The zero-order valence-electron chi connectivity index (χ0n) is 12.3. The Balaban J connectivity index is 1.85. The summed E-state index contributed by atoms with van der Waals surface area (Å²) in [6, 6.07) is 11.5. The number of para-hydroxylation sites is 1. The molecule has 3 atom stereocenters. The molecule has 0 radical (unpaired) electrons. The topological polar surface area (TPSA) is 55.2 Å². The van der Waals surface area contributed by atoms with Crippen LogP contribution in [0.2, 0.25) is 0 Å². The summed E-state index contributed by atoms with van der Waals surface area (Å²) >= 11 is 0.